The number of aryl methyl sites for hydroxylation is 1. The summed E-state index contributed by atoms with van der Waals surface area (Å²) in [4.78, 5) is 0. The molecule has 4 nitrogen and oxygen atoms in total. The first-order valence-corrected chi connectivity index (χ1v) is 10.7. The Balaban J connectivity index is 1.76. The molecule has 1 fully saturated rings. The molecule has 1 aromatic heterocycles. The van der Waals surface area contributed by atoms with Crippen LogP contribution >= 0.6 is 11.8 Å². The number of fused-ring (bicyclic) bond motifs is 1. The highest BCUT2D eigenvalue weighted by atomic mass is 32.2. The van der Waals surface area contributed by atoms with Crippen LogP contribution in [0.4, 0.5) is 11.4 Å². The monoisotopic (exact) mass is 379 g/mol. The van der Waals surface area contributed by atoms with Crippen molar-refractivity contribution in [2.45, 2.75) is 39.2 Å². The molecule has 3 aromatic rings. The zero-order valence-corrected chi connectivity index (χ0v) is 16.8. The maximum atomic E-state index is 10.9. The number of rotatable bonds is 5. The Hall–Kier alpha value is -2.27. The van der Waals surface area contributed by atoms with Gasteiger partial charge in [-0.05, 0) is 47.7 Å². The van der Waals surface area contributed by atoms with Gasteiger partial charge in [-0.3, -0.25) is 0 Å². The predicted molar refractivity (Wildman–Crippen MR) is 114 cm³/mol. The highest BCUT2D eigenvalue weighted by molar-refractivity contribution is 8.00. The van der Waals surface area contributed by atoms with Gasteiger partial charge in [0, 0.05) is 16.9 Å². The molecule has 1 aliphatic rings. The number of nitrogens with zero attached hydrogens (tertiary/aromatic N) is 3. The minimum atomic E-state index is 0.228. The molecule has 27 heavy (non-hydrogen) atoms. The van der Waals surface area contributed by atoms with Gasteiger partial charge < -0.3 is 9.67 Å². The van der Waals surface area contributed by atoms with Crippen LogP contribution in [0.15, 0.2) is 52.7 Å². The third kappa shape index (κ3) is 3.36. The van der Waals surface area contributed by atoms with E-state index in [0.717, 1.165) is 34.5 Å². The van der Waals surface area contributed by atoms with Crippen LogP contribution < -0.4 is 0 Å². The molecule has 0 radical (unpaired) electrons. The molecule has 1 N–H and O–H groups in total. The van der Waals surface area contributed by atoms with E-state index in [9.17, 15) is 5.11 Å². The molecule has 4 rings (SSSR count). The van der Waals surface area contributed by atoms with Gasteiger partial charge in [0.2, 0.25) is 5.88 Å². The standard InChI is InChI=1S/C22H25N3OS/c1-4-15-5-10-20-19(11-15)21(22(26)25(20)18-12-27-13-18)24-23-17-8-6-16(7-9-17)14(2)3/h5-11,14,18,26H,4,12-13H2,1-3H3. The largest absolute Gasteiger partial charge is 0.493 e. The summed E-state index contributed by atoms with van der Waals surface area (Å²) in [5.41, 5.74) is 4.93. The lowest BCUT2D eigenvalue weighted by atomic mass is 10.0. The minimum absolute atomic E-state index is 0.228. The van der Waals surface area contributed by atoms with Crippen LogP contribution in [0.2, 0.25) is 0 Å². The van der Waals surface area contributed by atoms with Crippen molar-refractivity contribution in [1.29, 1.82) is 0 Å². The topological polar surface area (TPSA) is 49.9 Å². The molecule has 140 valence electrons. The Kier molecular flexibility index (Phi) is 4.96. The van der Waals surface area contributed by atoms with Gasteiger partial charge in [0.15, 0.2) is 5.69 Å². The summed E-state index contributed by atoms with van der Waals surface area (Å²) in [7, 11) is 0. The van der Waals surface area contributed by atoms with Crippen molar-refractivity contribution in [2.24, 2.45) is 10.2 Å². The number of hydrogen-bond donors (Lipinski definition) is 1. The molecule has 0 unspecified atom stereocenters. The van der Waals surface area contributed by atoms with E-state index in [1.54, 1.807) is 0 Å². The van der Waals surface area contributed by atoms with Crippen LogP contribution in [0.5, 0.6) is 5.88 Å². The summed E-state index contributed by atoms with van der Waals surface area (Å²) in [6, 6.07) is 14.8. The molecule has 0 atom stereocenters. The summed E-state index contributed by atoms with van der Waals surface area (Å²) in [6.07, 6.45) is 0.953. The minimum Gasteiger partial charge on any atom is -0.493 e. The number of azo groups is 1. The quantitative estimate of drug-likeness (QED) is 0.499. The molecule has 0 amide bonds. The van der Waals surface area contributed by atoms with E-state index < -0.39 is 0 Å². The number of hydrogen-bond acceptors (Lipinski definition) is 4. The Labute approximate surface area is 164 Å². The second-order valence-electron chi connectivity index (χ2n) is 7.38. The maximum Gasteiger partial charge on any atom is 0.221 e. The lowest BCUT2D eigenvalue weighted by molar-refractivity contribution is 0.406. The van der Waals surface area contributed by atoms with Crippen molar-refractivity contribution >= 4 is 34.0 Å². The van der Waals surface area contributed by atoms with Gasteiger partial charge in [0.05, 0.1) is 17.2 Å². The summed E-state index contributed by atoms with van der Waals surface area (Å²) in [6.45, 7) is 6.49. The van der Waals surface area contributed by atoms with E-state index in [0.29, 0.717) is 17.6 Å². The van der Waals surface area contributed by atoms with Crippen molar-refractivity contribution in [3.63, 3.8) is 0 Å². The first-order chi connectivity index (χ1) is 13.1. The molecule has 0 aliphatic carbocycles. The third-order valence-corrected chi connectivity index (χ3v) is 6.48. The number of aromatic nitrogens is 1. The fourth-order valence-electron chi connectivity index (χ4n) is 3.43. The SMILES string of the molecule is CCc1ccc2c(c1)c(N=Nc1ccc(C(C)C)cc1)c(O)n2C1CSC1. The maximum absolute atomic E-state index is 10.9. The van der Waals surface area contributed by atoms with Gasteiger partial charge in [-0.15, -0.1) is 5.11 Å². The van der Waals surface area contributed by atoms with Crippen molar-refractivity contribution < 1.29 is 5.11 Å². The Bertz CT molecular complexity index is 985. The van der Waals surface area contributed by atoms with Gasteiger partial charge >= 0.3 is 0 Å². The zero-order chi connectivity index (χ0) is 19.0. The molecule has 0 spiro atoms. The average molecular weight is 380 g/mol. The average Bonchev–Trinajstić information content (AvgIpc) is 2.90. The Morgan fingerprint density at radius 1 is 1.11 bits per heavy atom. The van der Waals surface area contributed by atoms with Gasteiger partial charge in [-0.1, -0.05) is 39.0 Å². The summed E-state index contributed by atoms with van der Waals surface area (Å²) in [5.74, 6) is 2.78. The smallest absolute Gasteiger partial charge is 0.221 e. The molecular weight excluding hydrogens is 354 g/mol. The van der Waals surface area contributed by atoms with Gasteiger partial charge in [-0.2, -0.15) is 16.9 Å². The highest BCUT2D eigenvalue weighted by Gasteiger charge is 2.27. The van der Waals surface area contributed by atoms with Crippen LogP contribution in [-0.2, 0) is 6.42 Å². The van der Waals surface area contributed by atoms with Gasteiger partial charge in [0.1, 0.15) is 0 Å². The van der Waals surface area contributed by atoms with E-state index in [1.165, 1.54) is 11.1 Å². The van der Waals surface area contributed by atoms with E-state index in [1.807, 2.05) is 28.5 Å². The molecular formula is C22H25N3OS. The van der Waals surface area contributed by atoms with Crippen molar-refractivity contribution in [2.75, 3.05) is 11.5 Å². The lowest BCUT2D eigenvalue weighted by Gasteiger charge is -2.27. The van der Waals surface area contributed by atoms with Gasteiger partial charge in [-0.25, -0.2) is 0 Å². The highest BCUT2D eigenvalue weighted by Crippen LogP contribution is 2.45. The van der Waals surface area contributed by atoms with Crippen LogP contribution in [0, 0.1) is 0 Å². The van der Waals surface area contributed by atoms with Crippen LogP contribution in [-0.4, -0.2) is 21.2 Å². The molecule has 5 heteroatoms. The third-order valence-electron chi connectivity index (χ3n) is 5.23. The first-order valence-electron chi connectivity index (χ1n) is 9.53. The molecule has 2 heterocycles. The van der Waals surface area contributed by atoms with Gasteiger partial charge in [0.25, 0.3) is 0 Å². The molecule has 2 aromatic carbocycles. The van der Waals surface area contributed by atoms with Crippen LogP contribution in [0.3, 0.4) is 0 Å². The van der Waals surface area contributed by atoms with E-state index in [-0.39, 0.29) is 5.88 Å². The summed E-state index contributed by atoms with van der Waals surface area (Å²) < 4.78 is 2.03. The first kappa shape index (κ1) is 18.1. The van der Waals surface area contributed by atoms with E-state index >= 15 is 0 Å². The molecule has 1 saturated heterocycles. The second kappa shape index (κ2) is 7.39. The molecule has 0 bridgehead atoms. The molecule has 0 saturated carbocycles. The number of aromatic hydroxyl groups is 1. The predicted octanol–water partition coefficient (Wildman–Crippen LogP) is 6.74. The normalized spacial score (nSPS) is 15.1. The second-order valence-corrected chi connectivity index (χ2v) is 8.46. The van der Waals surface area contributed by atoms with E-state index in [4.69, 9.17) is 0 Å². The Morgan fingerprint density at radius 2 is 1.85 bits per heavy atom. The van der Waals surface area contributed by atoms with Crippen LogP contribution in [0.25, 0.3) is 10.9 Å². The van der Waals surface area contributed by atoms with Crippen molar-refractivity contribution in [1.82, 2.24) is 4.57 Å². The lowest BCUT2D eigenvalue weighted by Crippen LogP contribution is -2.22. The number of thioether (sulfide) groups is 1. The Morgan fingerprint density at radius 3 is 2.44 bits per heavy atom. The number of benzene rings is 2. The van der Waals surface area contributed by atoms with E-state index in [2.05, 4.69) is 61.3 Å². The zero-order valence-electron chi connectivity index (χ0n) is 16.0. The van der Waals surface area contributed by atoms with Crippen molar-refractivity contribution in [3.05, 3.63) is 53.6 Å². The fourth-order valence-corrected chi connectivity index (χ4v) is 4.17. The van der Waals surface area contributed by atoms with Crippen LogP contribution in [0.1, 0.15) is 43.9 Å². The fraction of sp³-hybridized carbons (Fsp3) is 0.364. The summed E-state index contributed by atoms with van der Waals surface area (Å²) in [5, 5.41) is 20.8. The van der Waals surface area contributed by atoms with Crippen molar-refractivity contribution in [3.8, 4) is 5.88 Å². The summed E-state index contributed by atoms with van der Waals surface area (Å²) >= 11 is 1.90. The molecule has 1 aliphatic heterocycles.